The topological polar surface area (TPSA) is 91.2 Å². The number of aromatic nitrogens is 1. The van der Waals surface area contributed by atoms with Crippen molar-refractivity contribution < 1.29 is 9.53 Å². The van der Waals surface area contributed by atoms with Crippen molar-refractivity contribution in [1.82, 2.24) is 4.98 Å². The van der Waals surface area contributed by atoms with Crippen LogP contribution in [-0.4, -0.2) is 10.9 Å². The number of pyridine rings is 1. The highest BCUT2D eigenvalue weighted by atomic mass is 16.5. The Morgan fingerprint density at radius 3 is 2.74 bits per heavy atom. The van der Waals surface area contributed by atoms with Crippen LogP contribution in [0.1, 0.15) is 21.6 Å². The Morgan fingerprint density at radius 1 is 1.21 bits per heavy atom. The Kier molecular flexibility index (Phi) is 4.10. The van der Waals surface area contributed by atoms with Crippen LogP contribution in [0.3, 0.4) is 0 Å². The smallest absolute Gasteiger partial charge is 0.252 e. The van der Waals surface area contributed by atoms with Crippen molar-refractivity contribution in [2.24, 2.45) is 11.5 Å². The molecule has 98 valence electrons. The Bertz CT molecular complexity index is 584. The number of nitrogens with zero attached hydrogens (tertiary/aromatic N) is 1. The number of para-hydroxylation sites is 1. The fourth-order valence-corrected chi connectivity index (χ4v) is 1.74. The van der Waals surface area contributed by atoms with Gasteiger partial charge in [-0.3, -0.25) is 9.78 Å². The molecule has 1 aromatic carbocycles. The van der Waals surface area contributed by atoms with Gasteiger partial charge in [-0.15, -0.1) is 0 Å². The minimum Gasteiger partial charge on any atom is -0.488 e. The lowest BCUT2D eigenvalue weighted by atomic mass is 10.2. The third-order valence-electron chi connectivity index (χ3n) is 2.71. The van der Waals surface area contributed by atoms with Crippen LogP contribution in [0.4, 0.5) is 0 Å². The summed E-state index contributed by atoms with van der Waals surface area (Å²) in [6, 6.07) is 10.6. The van der Waals surface area contributed by atoms with Gasteiger partial charge in [0.2, 0.25) is 0 Å². The fraction of sp³-hybridized carbons (Fsp3) is 0.143. The molecular weight excluding hydrogens is 242 g/mol. The molecule has 0 radical (unpaired) electrons. The zero-order valence-electron chi connectivity index (χ0n) is 10.4. The number of amides is 1. The third kappa shape index (κ3) is 3.08. The zero-order valence-corrected chi connectivity index (χ0v) is 10.4. The Labute approximate surface area is 111 Å². The number of nitrogens with two attached hydrogens (primary N) is 2. The maximum atomic E-state index is 11.3. The first-order valence-corrected chi connectivity index (χ1v) is 5.87. The summed E-state index contributed by atoms with van der Waals surface area (Å²) in [6.07, 6.45) is 1.68. The molecule has 5 nitrogen and oxygen atoms in total. The molecule has 0 saturated heterocycles. The predicted molar refractivity (Wildman–Crippen MR) is 71.4 cm³/mol. The predicted octanol–water partition coefficient (Wildman–Crippen LogP) is 1.22. The zero-order chi connectivity index (χ0) is 13.7. The molecule has 4 N–H and O–H groups in total. The van der Waals surface area contributed by atoms with E-state index in [-0.39, 0.29) is 0 Å². The highest BCUT2D eigenvalue weighted by Crippen LogP contribution is 2.19. The van der Waals surface area contributed by atoms with E-state index in [1.165, 1.54) is 0 Å². The standard InChI is InChI=1S/C14H15N3O2/c15-8-12-10(4-3-7-17-12)9-19-13-6-2-1-5-11(13)14(16)18/h1-7H,8-9,15H2,(H2,16,18). The van der Waals surface area contributed by atoms with Gasteiger partial charge >= 0.3 is 0 Å². The van der Waals surface area contributed by atoms with Gasteiger partial charge in [0, 0.05) is 18.3 Å². The highest BCUT2D eigenvalue weighted by Gasteiger charge is 2.09. The number of carbonyl (C=O) groups excluding carboxylic acids is 1. The Hall–Kier alpha value is -2.40. The lowest BCUT2D eigenvalue weighted by Gasteiger charge is -2.11. The summed E-state index contributed by atoms with van der Waals surface area (Å²) in [5, 5.41) is 0. The molecule has 0 atom stereocenters. The minimum atomic E-state index is -0.513. The van der Waals surface area contributed by atoms with Crippen molar-refractivity contribution in [2.75, 3.05) is 0 Å². The maximum Gasteiger partial charge on any atom is 0.252 e. The van der Waals surface area contributed by atoms with Crippen molar-refractivity contribution in [3.63, 3.8) is 0 Å². The third-order valence-corrected chi connectivity index (χ3v) is 2.71. The van der Waals surface area contributed by atoms with Crippen LogP contribution in [0, 0.1) is 0 Å². The molecule has 2 aromatic rings. The Morgan fingerprint density at radius 2 is 2.00 bits per heavy atom. The van der Waals surface area contributed by atoms with Crippen molar-refractivity contribution in [3.05, 3.63) is 59.4 Å². The van der Waals surface area contributed by atoms with E-state index < -0.39 is 5.91 Å². The quantitative estimate of drug-likeness (QED) is 0.842. The van der Waals surface area contributed by atoms with Crippen LogP contribution in [0.2, 0.25) is 0 Å². The number of ether oxygens (including phenoxy) is 1. The summed E-state index contributed by atoms with van der Waals surface area (Å²) in [6.45, 7) is 0.641. The molecule has 0 aliphatic heterocycles. The van der Waals surface area contributed by atoms with Crippen LogP contribution < -0.4 is 16.2 Å². The average Bonchev–Trinajstić information content (AvgIpc) is 2.45. The summed E-state index contributed by atoms with van der Waals surface area (Å²) >= 11 is 0. The number of hydrogen-bond donors (Lipinski definition) is 2. The van der Waals surface area contributed by atoms with Crippen LogP contribution in [0.5, 0.6) is 5.75 Å². The van der Waals surface area contributed by atoms with Gasteiger partial charge in [-0.05, 0) is 18.2 Å². The van der Waals surface area contributed by atoms with Crippen LogP contribution in [0.15, 0.2) is 42.6 Å². The number of rotatable bonds is 5. The van der Waals surface area contributed by atoms with Crippen LogP contribution >= 0.6 is 0 Å². The largest absolute Gasteiger partial charge is 0.488 e. The monoisotopic (exact) mass is 257 g/mol. The fourth-order valence-electron chi connectivity index (χ4n) is 1.74. The van der Waals surface area contributed by atoms with Crippen LogP contribution in [0.25, 0.3) is 0 Å². The SMILES string of the molecule is NCc1ncccc1COc1ccccc1C(N)=O. The molecular formula is C14H15N3O2. The highest BCUT2D eigenvalue weighted by molar-refractivity contribution is 5.95. The first-order chi connectivity index (χ1) is 9.22. The first kappa shape index (κ1) is 13.0. The Balaban J connectivity index is 2.17. The van der Waals surface area contributed by atoms with E-state index in [1.807, 2.05) is 12.1 Å². The van der Waals surface area contributed by atoms with Crippen molar-refractivity contribution in [3.8, 4) is 5.75 Å². The molecule has 1 heterocycles. The molecule has 0 unspecified atom stereocenters. The molecule has 0 aliphatic rings. The molecule has 0 aliphatic carbocycles. The van der Waals surface area contributed by atoms with E-state index in [0.29, 0.717) is 24.5 Å². The molecule has 0 fully saturated rings. The summed E-state index contributed by atoms with van der Waals surface area (Å²) in [5.74, 6) is -0.0531. The van der Waals surface area contributed by atoms with Gasteiger partial charge in [-0.1, -0.05) is 18.2 Å². The maximum absolute atomic E-state index is 11.3. The van der Waals surface area contributed by atoms with Crippen molar-refractivity contribution >= 4 is 5.91 Å². The van der Waals surface area contributed by atoms with Crippen molar-refractivity contribution in [1.29, 1.82) is 0 Å². The normalized spacial score (nSPS) is 10.2. The van der Waals surface area contributed by atoms with E-state index in [0.717, 1.165) is 11.3 Å². The van der Waals surface area contributed by atoms with Gasteiger partial charge in [-0.2, -0.15) is 0 Å². The average molecular weight is 257 g/mol. The van der Waals surface area contributed by atoms with E-state index in [1.54, 1.807) is 30.5 Å². The van der Waals surface area contributed by atoms with Gasteiger partial charge in [0.25, 0.3) is 5.91 Å². The molecule has 1 amide bonds. The second-order valence-electron chi connectivity index (χ2n) is 3.96. The second kappa shape index (κ2) is 5.97. The lowest BCUT2D eigenvalue weighted by molar-refractivity contribution is 0.0996. The number of hydrogen-bond acceptors (Lipinski definition) is 4. The van der Waals surface area contributed by atoms with Gasteiger partial charge in [-0.25, -0.2) is 0 Å². The summed E-state index contributed by atoms with van der Waals surface area (Å²) in [5.41, 5.74) is 12.9. The van der Waals surface area contributed by atoms with Gasteiger partial charge in [0.1, 0.15) is 12.4 Å². The molecule has 5 heteroatoms. The molecule has 2 rings (SSSR count). The first-order valence-electron chi connectivity index (χ1n) is 5.87. The van der Waals surface area contributed by atoms with E-state index >= 15 is 0 Å². The van der Waals surface area contributed by atoms with E-state index in [9.17, 15) is 4.79 Å². The minimum absolute atomic E-state index is 0.296. The molecule has 0 spiro atoms. The summed E-state index contributed by atoms with van der Waals surface area (Å²) in [4.78, 5) is 15.4. The molecule has 1 aromatic heterocycles. The van der Waals surface area contributed by atoms with Gasteiger partial charge in [0.05, 0.1) is 11.3 Å². The van der Waals surface area contributed by atoms with Crippen LogP contribution in [-0.2, 0) is 13.2 Å². The summed E-state index contributed by atoms with van der Waals surface area (Å²) < 4.78 is 5.63. The van der Waals surface area contributed by atoms with Crippen molar-refractivity contribution in [2.45, 2.75) is 13.2 Å². The lowest BCUT2D eigenvalue weighted by Crippen LogP contribution is -2.13. The molecule has 0 saturated carbocycles. The number of benzene rings is 1. The number of primary amides is 1. The van der Waals surface area contributed by atoms with Gasteiger partial charge < -0.3 is 16.2 Å². The van der Waals surface area contributed by atoms with E-state index in [4.69, 9.17) is 16.2 Å². The molecule has 19 heavy (non-hydrogen) atoms. The van der Waals surface area contributed by atoms with E-state index in [2.05, 4.69) is 4.98 Å². The number of carbonyl (C=O) groups is 1. The second-order valence-corrected chi connectivity index (χ2v) is 3.96. The molecule has 0 bridgehead atoms. The van der Waals surface area contributed by atoms with Gasteiger partial charge in [0.15, 0.2) is 0 Å². The summed E-state index contributed by atoms with van der Waals surface area (Å²) in [7, 11) is 0.